The Hall–Kier alpha value is -3.06. The first-order valence-corrected chi connectivity index (χ1v) is 8.99. The smallest absolute Gasteiger partial charge is 0.0889 e. The van der Waals surface area contributed by atoms with Gasteiger partial charge >= 0.3 is 0 Å². The Morgan fingerprint density at radius 2 is 2.08 bits per heavy atom. The molecule has 6 nitrogen and oxygen atoms in total. The molecule has 7 heteroatoms. The SMILES string of the molecule is CN=Cc1cnn2cc(-c3cn[nH]c3)cc(Sc3ccccc3NC)c12. The van der Waals surface area contributed by atoms with Crippen LogP contribution in [0.25, 0.3) is 16.6 Å². The number of anilines is 1. The van der Waals surface area contributed by atoms with E-state index < -0.39 is 0 Å². The maximum absolute atomic E-state index is 4.52. The normalized spacial score (nSPS) is 11.5. The summed E-state index contributed by atoms with van der Waals surface area (Å²) in [5.74, 6) is 0. The van der Waals surface area contributed by atoms with Crippen molar-refractivity contribution in [1.29, 1.82) is 0 Å². The largest absolute Gasteiger partial charge is 0.387 e. The third-order valence-electron chi connectivity index (χ3n) is 4.08. The maximum Gasteiger partial charge on any atom is 0.0889 e. The van der Waals surface area contributed by atoms with Gasteiger partial charge in [0.2, 0.25) is 0 Å². The van der Waals surface area contributed by atoms with Crippen molar-refractivity contribution in [3.63, 3.8) is 0 Å². The molecular weight excluding hydrogens is 344 g/mol. The highest BCUT2D eigenvalue weighted by molar-refractivity contribution is 7.99. The van der Waals surface area contributed by atoms with Crippen LogP contribution in [-0.4, -0.2) is 40.1 Å². The van der Waals surface area contributed by atoms with Crippen LogP contribution in [0.5, 0.6) is 0 Å². The Balaban J connectivity index is 1.91. The fourth-order valence-electron chi connectivity index (χ4n) is 2.87. The molecule has 130 valence electrons. The minimum Gasteiger partial charge on any atom is -0.387 e. The minimum atomic E-state index is 0.996. The lowest BCUT2D eigenvalue weighted by molar-refractivity contribution is 0.951. The minimum absolute atomic E-state index is 0.996. The molecule has 0 unspecified atom stereocenters. The number of pyridine rings is 1. The number of hydrogen-bond donors (Lipinski definition) is 2. The number of aliphatic imine (C=N–C) groups is 1. The quantitative estimate of drug-likeness (QED) is 0.527. The van der Waals surface area contributed by atoms with Gasteiger partial charge in [-0.2, -0.15) is 10.2 Å². The van der Waals surface area contributed by atoms with Gasteiger partial charge in [0.1, 0.15) is 0 Å². The van der Waals surface area contributed by atoms with Crippen LogP contribution in [0.2, 0.25) is 0 Å². The summed E-state index contributed by atoms with van der Waals surface area (Å²) in [7, 11) is 3.71. The first-order chi connectivity index (χ1) is 12.8. The third-order valence-corrected chi connectivity index (χ3v) is 5.19. The van der Waals surface area contributed by atoms with Gasteiger partial charge < -0.3 is 5.32 Å². The second-order valence-corrected chi connectivity index (χ2v) is 6.79. The molecule has 3 aromatic heterocycles. The molecule has 0 saturated carbocycles. The molecule has 0 aliphatic heterocycles. The van der Waals surface area contributed by atoms with Crippen LogP contribution in [0.4, 0.5) is 5.69 Å². The van der Waals surface area contributed by atoms with Gasteiger partial charge in [0.05, 0.1) is 17.9 Å². The molecule has 2 N–H and O–H groups in total. The van der Waals surface area contributed by atoms with Crippen LogP contribution in [0.15, 0.2) is 69.9 Å². The van der Waals surface area contributed by atoms with E-state index in [4.69, 9.17) is 0 Å². The molecule has 0 aliphatic carbocycles. The third kappa shape index (κ3) is 2.97. The van der Waals surface area contributed by atoms with Crippen LogP contribution in [0.1, 0.15) is 5.56 Å². The first kappa shape index (κ1) is 16.4. The number of fused-ring (bicyclic) bond motifs is 1. The van der Waals surface area contributed by atoms with Crippen molar-refractivity contribution < 1.29 is 0 Å². The second kappa shape index (κ2) is 7.05. The molecule has 0 spiro atoms. The van der Waals surface area contributed by atoms with E-state index in [-0.39, 0.29) is 0 Å². The zero-order chi connectivity index (χ0) is 17.9. The zero-order valence-corrected chi connectivity index (χ0v) is 15.3. The number of nitrogens with zero attached hydrogens (tertiary/aromatic N) is 4. The van der Waals surface area contributed by atoms with Crippen LogP contribution in [-0.2, 0) is 0 Å². The molecule has 0 atom stereocenters. The van der Waals surface area contributed by atoms with Crippen molar-refractivity contribution in [1.82, 2.24) is 19.8 Å². The molecule has 4 aromatic rings. The van der Waals surface area contributed by atoms with Crippen molar-refractivity contribution in [2.45, 2.75) is 9.79 Å². The van der Waals surface area contributed by atoms with Crippen molar-refractivity contribution >= 4 is 29.2 Å². The van der Waals surface area contributed by atoms with Crippen molar-refractivity contribution in [3.8, 4) is 11.1 Å². The monoisotopic (exact) mass is 362 g/mol. The Kier molecular flexibility index (Phi) is 4.45. The topological polar surface area (TPSA) is 70.4 Å². The summed E-state index contributed by atoms with van der Waals surface area (Å²) >= 11 is 1.71. The molecule has 26 heavy (non-hydrogen) atoms. The standard InChI is InChI=1S/C19H18N6S/c1-20-8-15-11-24-25-12-13(14-9-22-23-10-14)7-18(19(15)25)26-17-6-4-3-5-16(17)21-2/h3-12,21H,1-2H3,(H,22,23). The highest BCUT2D eigenvalue weighted by Gasteiger charge is 2.14. The van der Waals surface area contributed by atoms with E-state index in [9.17, 15) is 0 Å². The van der Waals surface area contributed by atoms with Crippen molar-refractivity contribution in [3.05, 3.63) is 60.7 Å². The number of nitrogens with one attached hydrogen (secondary N) is 2. The number of aromatic nitrogens is 4. The van der Waals surface area contributed by atoms with Gasteiger partial charge in [-0.25, -0.2) is 4.52 Å². The number of H-pyrrole nitrogens is 1. The van der Waals surface area contributed by atoms with Crippen LogP contribution >= 0.6 is 11.8 Å². The number of para-hydroxylation sites is 1. The zero-order valence-electron chi connectivity index (χ0n) is 14.5. The van der Waals surface area contributed by atoms with Crippen molar-refractivity contribution in [2.75, 3.05) is 19.4 Å². The van der Waals surface area contributed by atoms with Gasteiger partial charge in [0, 0.05) is 64.9 Å². The number of benzene rings is 1. The predicted molar refractivity (Wildman–Crippen MR) is 106 cm³/mol. The Morgan fingerprint density at radius 1 is 1.19 bits per heavy atom. The summed E-state index contributed by atoms with van der Waals surface area (Å²) in [6, 6.07) is 10.4. The predicted octanol–water partition coefficient (Wildman–Crippen LogP) is 3.97. The van der Waals surface area contributed by atoms with Crippen LogP contribution < -0.4 is 5.32 Å². The summed E-state index contributed by atoms with van der Waals surface area (Å²) in [6.07, 6.45) is 9.40. The lowest BCUT2D eigenvalue weighted by Crippen LogP contribution is -1.94. The van der Waals surface area contributed by atoms with E-state index in [0.717, 1.165) is 37.7 Å². The van der Waals surface area contributed by atoms with E-state index >= 15 is 0 Å². The molecule has 4 rings (SSSR count). The lowest BCUT2D eigenvalue weighted by Gasteiger charge is -2.11. The van der Waals surface area contributed by atoms with Crippen molar-refractivity contribution in [2.24, 2.45) is 4.99 Å². The summed E-state index contributed by atoms with van der Waals surface area (Å²) in [5, 5.41) is 14.7. The molecule has 0 bridgehead atoms. The van der Waals surface area contributed by atoms with Gasteiger partial charge in [-0.05, 0) is 18.2 Å². The van der Waals surface area contributed by atoms with E-state index in [2.05, 4.69) is 43.8 Å². The Labute approximate surface area is 155 Å². The van der Waals surface area contributed by atoms with Gasteiger partial charge in [0.25, 0.3) is 0 Å². The van der Waals surface area contributed by atoms with E-state index in [1.807, 2.05) is 54.7 Å². The average molecular weight is 362 g/mol. The Bertz CT molecular complexity index is 1070. The summed E-state index contributed by atoms with van der Waals surface area (Å²) in [4.78, 5) is 6.43. The highest BCUT2D eigenvalue weighted by atomic mass is 32.2. The van der Waals surface area contributed by atoms with E-state index in [0.29, 0.717) is 0 Å². The number of rotatable bonds is 5. The van der Waals surface area contributed by atoms with Crippen LogP contribution in [0, 0.1) is 0 Å². The molecule has 0 aliphatic rings. The highest BCUT2D eigenvalue weighted by Crippen LogP contribution is 2.38. The van der Waals surface area contributed by atoms with E-state index in [1.54, 1.807) is 18.8 Å². The van der Waals surface area contributed by atoms with Gasteiger partial charge in [-0.3, -0.25) is 10.1 Å². The summed E-state index contributed by atoms with van der Waals surface area (Å²) in [5.41, 5.74) is 5.21. The lowest BCUT2D eigenvalue weighted by atomic mass is 10.1. The maximum atomic E-state index is 4.52. The van der Waals surface area contributed by atoms with Gasteiger partial charge in [-0.15, -0.1) is 0 Å². The molecule has 0 saturated heterocycles. The van der Waals surface area contributed by atoms with Gasteiger partial charge in [0.15, 0.2) is 0 Å². The molecule has 1 aromatic carbocycles. The fourth-order valence-corrected chi connectivity index (χ4v) is 4.02. The van der Waals surface area contributed by atoms with Crippen LogP contribution in [0.3, 0.4) is 0 Å². The fraction of sp³-hybridized carbons (Fsp3) is 0.105. The Morgan fingerprint density at radius 3 is 2.85 bits per heavy atom. The molecule has 0 fully saturated rings. The average Bonchev–Trinajstić information content (AvgIpc) is 3.33. The number of aromatic amines is 1. The first-order valence-electron chi connectivity index (χ1n) is 8.17. The summed E-state index contributed by atoms with van der Waals surface area (Å²) in [6.45, 7) is 0. The molecule has 0 radical (unpaired) electrons. The summed E-state index contributed by atoms with van der Waals surface area (Å²) < 4.78 is 1.91. The molecule has 0 amide bonds. The number of hydrogen-bond acceptors (Lipinski definition) is 5. The second-order valence-electron chi connectivity index (χ2n) is 5.71. The molecule has 3 heterocycles. The van der Waals surface area contributed by atoms with Gasteiger partial charge in [-0.1, -0.05) is 23.9 Å². The molecular formula is C19H18N6S. The van der Waals surface area contributed by atoms with E-state index in [1.165, 1.54) is 0 Å².